The van der Waals surface area contributed by atoms with E-state index < -0.39 is 29.5 Å². The number of aliphatic hydroxyl groups is 1. The standard InChI is InChI=1S/C24H23N3O7/c1-11-10-16(26-34-11)27-20(14-6-8-15(32-4)9-7-14)18(22(29)23(27)30)21(28)17-12(2)19(24(31)33-5)25-13(17)3/h6-10,20,25,28H,1-5H3/b21-18+. The van der Waals surface area contributed by atoms with Crippen LogP contribution in [0.25, 0.3) is 5.76 Å². The second kappa shape index (κ2) is 8.54. The number of aryl methyl sites for hydroxylation is 2. The van der Waals surface area contributed by atoms with Crippen LogP contribution in [0.4, 0.5) is 5.82 Å². The third-order valence-electron chi connectivity index (χ3n) is 5.80. The molecule has 2 aromatic heterocycles. The van der Waals surface area contributed by atoms with E-state index in [1.165, 1.54) is 25.2 Å². The number of amides is 1. The molecule has 34 heavy (non-hydrogen) atoms. The van der Waals surface area contributed by atoms with Crippen LogP contribution < -0.4 is 9.64 Å². The fourth-order valence-electron chi connectivity index (χ4n) is 4.18. The smallest absolute Gasteiger partial charge is 0.354 e. The zero-order valence-electron chi connectivity index (χ0n) is 19.3. The Kier molecular flexibility index (Phi) is 5.74. The van der Waals surface area contributed by atoms with Crippen LogP contribution in [-0.2, 0) is 14.3 Å². The number of hydrogen-bond donors (Lipinski definition) is 2. The number of carbonyl (C=O) groups is 3. The molecule has 1 aliphatic heterocycles. The third kappa shape index (κ3) is 3.53. The van der Waals surface area contributed by atoms with Crippen molar-refractivity contribution in [2.45, 2.75) is 26.8 Å². The summed E-state index contributed by atoms with van der Waals surface area (Å²) in [6.45, 7) is 4.93. The number of nitrogens with one attached hydrogen (secondary N) is 1. The zero-order valence-corrected chi connectivity index (χ0v) is 19.3. The molecule has 3 heterocycles. The Bertz CT molecular complexity index is 1330. The number of aromatic nitrogens is 2. The second-order valence-corrected chi connectivity index (χ2v) is 7.85. The van der Waals surface area contributed by atoms with Crippen molar-refractivity contribution in [3.63, 3.8) is 0 Å². The number of anilines is 1. The van der Waals surface area contributed by atoms with E-state index in [2.05, 4.69) is 10.1 Å². The monoisotopic (exact) mass is 465 g/mol. The Morgan fingerprint density at radius 2 is 1.82 bits per heavy atom. The number of Topliss-reactive ketones (excluding diaryl/α,β-unsaturated/α-hetero) is 1. The molecule has 4 rings (SSSR count). The molecule has 1 atom stereocenters. The molecule has 10 nitrogen and oxygen atoms in total. The molecule has 1 saturated heterocycles. The lowest BCUT2D eigenvalue weighted by Crippen LogP contribution is -2.29. The van der Waals surface area contributed by atoms with Crippen molar-refractivity contribution < 1.29 is 33.5 Å². The molecular formula is C24H23N3O7. The number of hydrogen-bond acceptors (Lipinski definition) is 8. The highest BCUT2D eigenvalue weighted by Gasteiger charge is 2.48. The van der Waals surface area contributed by atoms with E-state index in [0.29, 0.717) is 28.3 Å². The molecule has 1 aromatic carbocycles. The lowest BCUT2D eigenvalue weighted by molar-refractivity contribution is -0.132. The maximum atomic E-state index is 13.2. The van der Waals surface area contributed by atoms with Gasteiger partial charge in [-0.1, -0.05) is 17.3 Å². The molecule has 10 heteroatoms. The first-order valence-electron chi connectivity index (χ1n) is 10.4. The topological polar surface area (TPSA) is 135 Å². The lowest BCUT2D eigenvalue weighted by atomic mass is 9.94. The maximum absolute atomic E-state index is 13.2. The predicted octanol–water partition coefficient (Wildman–Crippen LogP) is 3.35. The lowest BCUT2D eigenvalue weighted by Gasteiger charge is -2.23. The first kappa shape index (κ1) is 22.8. The first-order chi connectivity index (χ1) is 16.2. The van der Waals surface area contributed by atoms with Crippen LogP contribution in [0.1, 0.15) is 44.7 Å². The van der Waals surface area contributed by atoms with Gasteiger partial charge in [-0.2, -0.15) is 0 Å². The van der Waals surface area contributed by atoms with E-state index in [9.17, 15) is 19.5 Å². The minimum atomic E-state index is -0.995. The number of esters is 1. The fraction of sp³-hybridized carbons (Fsp3) is 0.250. The van der Waals surface area contributed by atoms with Gasteiger partial charge in [-0.25, -0.2) is 4.79 Å². The quantitative estimate of drug-likeness (QED) is 0.253. The molecule has 0 bridgehead atoms. The summed E-state index contributed by atoms with van der Waals surface area (Å²) in [5, 5.41) is 15.3. The Morgan fingerprint density at radius 3 is 2.38 bits per heavy atom. The molecule has 3 aromatic rings. The molecule has 0 saturated carbocycles. The minimum Gasteiger partial charge on any atom is -0.507 e. The number of aromatic amines is 1. The summed E-state index contributed by atoms with van der Waals surface area (Å²) < 4.78 is 15.1. The molecule has 1 aliphatic rings. The molecule has 1 fully saturated rings. The average Bonchev–Trinajstić information content (AvgIpc) is 3.46. The van der Waals surface area contributed by atoms with Gasteiger partial charge in [0.05, 0.1) is 25.8 Å². The van der Waals surface area contributed by atoms with Crippen molar-refractivity contribution in [3.8, 4) is 5.75 Å². The predicted molar refractivity (Wildman–Crippen MR) is 121 cm³/mol. The summed E-state index contributed by atoms with van der Waals surface area (Å²) in [6, 6.07) is 7.30. The van der Waals surface area contributed by atoms with Gasteiger partial charge in [0.15, 0.2) is 5.82 Å². The van der Waals surface area contributed by atoms with E-state index in [-0.39, 0.29) is 22.6 Å². The van der Waals surface area contributed by atoms with Crippen molar-refractivity contribution in [2.24, 2.45) is 0 Å². The highest BCUT2D eigenvalue weighted by molar-refractivity contribution is 6.51. The van der Waals surface area contributed by atoms with Crippen LogP contribution in [0.15, 0.2) is 40.4 Å². The number of ketones is 1. The second-order valence-electron chi connectivity index (χ2n) is 7.85. The maximum Gasteiger partial charge on any atom is 0.354 e. The van der Waals surface area contributed by atoms with Gasteiger partial charge in [-0.3, -0.25) is 14.5 Å². The number of methoxy groups -OCH3 is 2. The van der Waals surface area contributed by atoms with Crippen LogP contribution in [0, 0.1) is 20.8 Å². The zero-order chi connectivity index (χ0) is 24.7. The first-order valence-corrected chi connectivity index (χ1v) is 10.4. The van der Waals surface area contributed by atoms with Gasteiger partial charge in [0.25, 0.3) is 5.78 Å². The summed E-state index contributed by atoms with van der Waals surface area (Å²) in [4.78, 5) is 42.6. The largest absolute Gasteiger partial charge is 0.507 e. The number of ether oxygens (including phenoxy) is 2. The van der Waals surface area contributed by atoms with E-state index in [1.54, 1.807) is 45.0 Å². The highest BCUT2D eigenvalue weighted by atomic mass is 16.5. The summed E-state index contributed by atoms with van der Waals surface area (Å²) in [6.07, 6.45) is 0. The van der Waals surface area contributed by atoms with E-state index in [4.69, 9.17) is 14.0 Å². The van der Waals surface area contributed by atoms with Crippen molar-refractivity contribution >= 4 is 29.2 Å². The van der Waals surface area contributed by atoms with E-state index in [1.807, 2.05) is 0 Å². The summed E-state index contributed by atoms with van der Waals surface area (Å²) in [7, 11) is 2.77. The van der Waals surface area contributed by atoms with Gasteiger partial charge in [0.1, 0.15) is 23.0 Å². The van der Waals surface area contributed by atoms with Crippen LogP contribution in [0.5, 0.6) is 5.75 Å². The molecule has 1 amide bonds. The van der Waals surface area contributed by atoms with E-state index in [0.717, 1.165) is 0 Å². The normalized spacial score (nSPS) is 17.3. The number of H-pyrrole nitrogens is 1. The molecule has 1 unspecified atom stereocenters. The van der Waals surface area contributed by atoms with Crippen molar-refractivity contribution in [2.75, 3.05) is 19.1 Å². The van der Waals surface area contributed by atoms with E-state index >= 15 is 0 Å². The van der Waals surface area contributed by atoms with Crippen LogP contribution in [-0.4, -0.2) is 47.1 Å². The number of nitrogens with zero attached hydrogens (tertiary/aromatic N) is 2. The highest BCUT2D eigenvalue weighted by Crippen LogP contribution is 2.43. The Hall–Kier alpha value is -4.34. The number of benzene rings is 1. The van der Waals surface area contributed by atoms with Crippen LogP contribution in [0.3, 0.4) is 0 Å². The van der Waals surface area contributed by atoms with Gasteiger partial charge in [0, 0.05) is 17.3 Å². The SMILES string of the molecule is COC(=O)c1[nH]c(C)c(/C(O)=C2\C(=O)C(=O)N(c3cc(C)on3)C2c2ccc(OC)cc2)c1C. The molecule has 0 aliphatic carbocycles. The summed E-state index contributed by atoms with van der Waals surface area (Å²) >= 11 is 0. The van der Waals surface area contributed by atoms with Crippen molar-refractivity contribution in [1.82, 2.24) is 10.1 Å². The fourth-order valence-corrected chi connectivity index (χ4v) is 4.18. The molecule has 0 radical (unpaired) electrons. The number of aliphatic hydroxyl groups excluding tert-OH is 1. The van der Waals surface area contributed by atoms with Crippen LogP contribution >= 0.6 is 0 Å². The van der Waals surface area contributed by atoms with Gasteiger partial charge in [0.2, 0.25) is 0 Å². The van der Waals surface area contributed by atoms with Crippen molar-refractivity contribution in [1.29, 1.82) is 0 Å². The Balaban J connectivity index is 1.96. The molecule has 176 valence electrons. The van der Waals surface area contributed by atoms with Gasteiger partial charge in [-0.15, -0.1) is 0 Å². The summed E-state index contributed by atoms with van der Waals surface area (Å²) in [5.41, 5.74) is 1.61. The third-order valence-corrected chi connectivity index (χ3v) is 5.80. The number of rotatable bonds is 5. The van der Waals surface area contributed by atoms with Gasteiger partial charge in [-0.05, 0) is 44.0 Å². The number of carbonyl (C=O) groups excluding carboxylic acids is 3. The Morgan fingerprint density at radius 1 is 1.15 bits per heavy atom. The molecular weight excluding hydrogens is 442 g/mol. The minimum absolute atomic E-state index is 0.136. The molecule has 2 N–H and O–H groups in total. The average molecular weight is 465 g/mol. The summed E-state index contributed by atoms with van der Waals surface area (Å²) in [5.74, 6) is -1.62. The Labute approximate surface area is 194 Å². The molecule has 0 spiro atoms. The van der Waals surface area contributed by atoms with Gasteiger partial charge < -0.3 is 24.1 Å². The van der Waals surface area contributed by atoms with Crippen molar-refractivity contribution in [3.05, 3.63) is 69.7 Å². The van der Waals surface area contributed by atoms with Gasteiger partial charge >= 0.3 is 11.9 Å². The van der Waals surface area contributed by atoms with Crippen LogP contribution in [0.2, 0.25) is 0 Å².